The van der Waals surface area contributed by atoms with E-state index in [2.05, 4.69) is 23.8 Å². The molecule has 1 atom stereocenters. The molecule has 6 nitrogen and oxygen atoms in total. The van der Waals surface area contributed by atoms with E-state index in [-0.39, 0.29) is 11.5 Å². The Morgan fingerprint density at radius 3 is 2.69 bits per heavy atom. The fraction of sp³-hybridized carbons (Fsp3) is 0.368. The van der Waals surface area contributed by atoms with Gasteiger partial charge in [-0.15, -0.1) is 11.3 Å². The Morgan fingerprint density at radius 1 is 1.27 bits per heavy atom. The lowest BCUT2D eigenvalue weighted by Crippen LogP contribution is -2.37. The van der Waals surface area contributed by atoms with E-state index in [0.29, 0.717) is 23.4 Å². The molecule has 1 amide bonds. The number of rotatable bonds is 5. The first-order valence-electron chi connectivity index (χ1n) is 8.53. The summed E-state index contributed by atoms with van der Waals surface area (Å²) in [5.74, 6) is 0.221. The number of amides is 1. The van der Waals surface area contributed by atoms with Crippen LogP contribution in [0.5, 0.6) is 0 Å². The van der Waals surface area contributed by atoms with E-state index in [9.17, 15) is 9.59 Å². The van der Waals surface area contributed by atoms with Crippen LogP contribution in [0.1, 0.15) is 43.4 Å². The third-order valence-electron chi connectivity index (χ3n) is 4.30. The van der Waals surface area contributed by atoms with Gasteiger partial charge in [0.25, 0.3) is 5.56 Å². The second-order valence-electron chi connectivity index (χ2n) is 6.68. The van der Waals surface area contributed by atoms with Gasteiger partial charge in [0.15, 0.2) is 0 Å². The second kappa shape index (κ2) is 7.37. The van der Waals surface area contributed by atoms with Gasteiger partial charge in [0, 0.05) is 18.3 Å². The molecule has 0 radical (unpaired) electrons. The Labute approximate surface area is 156 Å². The normalized spacial score (nSPS) is 12.5. The van der Waals surface area contributed by atoms with Gasteiger partial charge in [0.05, 0.1) is 34.5 Å². The number of carbonyl (C=O) groups is 1. The van der Waals surface area contributed by atoms with Crippen LogP contribution in [0.3, 0.4) is 0 Å². The number of likely N-dealkylation sites (N-methyl/N-ethyl adjacent to an activating group) is 1. The number of hydrogen-bond acceptors (Lipinski definition) is 5. The zero-order chi connectivity index (χ0) is 18.8. The molecule has 26 heavy (non-hydrogen) atoms. The number of carbonyl (C=O) groups excluding carboxylic acids is 1. The first-order valence-corrected chi connectivity index (χ1v) is 9.41. The highest BCUT2D eigenvalue weighted by Crippen LogP contribution is 2.20. The smallest absolute Gasteiger partial charge is 0.261 e. The summed E-state index contributed by atoms with van der Waals surface area (Å²) < 4.78 is 1.39. The highest BCUT2D eigenvalue weighted by Gasteiger charge is 2.22. The maximum atomic E-state index is 12.8. The van der Waals surface area contributed by atoms with Crippen LogP contribution in [0.2, 0.25) is 0 Å². The lowest BCUT2D eigenvalue weighted by molar-refractivity contribution is -0.133. The van der Waals surface area contributed by atoms with Gasteiger partial charge in [-0.3, -0.25) is 14.2 Å². The molecular formula is C19H22N4O2S. The molecule has 0 saturated heterocycles. The second-order valence-corrected chi connectivity index (χ2v) is 7.57. The molecule has 0 spiro atoms. The molecular weight excluding hydrogens is 348 g/mol. The highest BCUT2D eigenvalue weighted by atomic mass is 32.1. The first-order chi connectivity index (χ1) is 12.4. The summed E-state index contributed by atoms with van der Waals surface area (Å²) in [6, 6.07) is 6.51. The standard InChI is InChI=1S/C19H22N4O2S/c1-12(2)17-21-14(10-26-17)9-22(4)18(24)13(3)23-11-20-16-8-6-5-7-15(16)19(23)25/h5-8,10-13H,9H2,1-4H3/t13-/m0/s1. The van der Waals surface area contributed by atoms with Crippen molar-refractivity contribution in [1.29, 1.82) is 0 Å². The van der Waals surface area contributed by atoms with Crippen LogP contribution in [-0.2, 0) is 11.3 Å². The van der Waals surface area contributed by atoms with E-state index in [4.69, 9.17) is 0 Å². The molecule has 2 aromatic heterocycles. The summed E-state index contributed by atoms with van der Waals surface area (Å²) in [4.78, 5) is 35.9. The molecule has 0 aliphatic heterocycles. The first kappa shape index (κ1) is 18.3. The van der Waals surface area contributed by atoms with Gasteiger partial charge in [-0.1, -0.05) is 26.0 Å². The zero-order valence-electron chi connectivity index (χ0n) is 15.3. The number of thiazole rings is 1. The molecule has 0 N–H and O–H groups in total. The molecule has 0 bridgehead atoms. The minimum atomic E-state index is -0.632. The maximum Gasteiger partial charge on any atom is 0.261 e. The van der Waals surface area contributed by atoms with Crippen LogP contribution in [0.15, 0.2) is 40.8 Å². The Bertz CT molecular complexity index is 992. The predicted molar refractivity (Wildman–Crippen MR) is 103 cm³/mol. The van der Waals surface area contributed by atoms with E-state index < -0.39 is 6.04 Å². The predicted octanol–water partition coefficient (Wildman–Crippen LogP) is 3.20. The molecule has 0 aliphatic rings. The average molecular weight is 370 g/mol. The fourth-order valence-electron chi connectivity index (χ4n) is 2.78. The number of nitrogens with zero attached hydrogens (tertiary/aromatic N) is 4. The third-order valence-corrected chi connectivity index (χ3v) is 5.50. The third kappa shape index (κ3) is 3.53. The zero-order valence-corrected chi connectivity index (χ0v) is 16.2. The van der Waals surface area contributed by atoms with Gasteiger partial charge in [0.1, 0.15) is 6.04 Å². The van der Waals surface area contributed by atoms with Gasteiger partial charge in [-0.25, -0.2) is 9.97 Å². The van der Waals surface area contributed by atoms with Crippen molar-refractivity contribution in [2.75, 3.05) is 7.05 Å². The van der Waals surface area contributed by atoms with Crippen molar-refractivity contribution in [3.8, 4) is 0 Å². The Morgan fingerprint density at radius 2 is 2.00 bits per heavy atom. The van der Waals surface area contributed by atoms with E-state index >= 15 is 0 Å². The lowest BCUT2D eigenvalue weighted by Gasteiger charge is -2.22. The topological polar surface area (TPSA) is 68.1 Å². The SMILES string of the molecule is CC(C)c1nc(CN(C)C(=O)[C@H](C)n2cnc3ccccc3c2=O)cs1. The molecule has 0 unspecified atom stereocenters. The van der Waals surface area contributed by atoms with Gasteiger partial charge in [0.2, 0.25) is 5.91 Å². The van der Waals surface area contributed by atoms with E-state index in [1.54, 1.807) is 48.4 Å². The van der Waals surface area contributed by atoms with Crippen molar-refractivity contribution in [2.24, 2.45) is 0 Å². The van der Waals surface area contributed by atoms with Crippen molar-refractivity contribution in [3.63, 3.8) is 0 Å². The highest BCUT2D eigenvalue weighted by molar-refractivity contribution is 7.09. The van der Waals surface area contributed by atoms with Crippen LogP contribution < -0.4 is 5.56 Å². The van der Waals surface area contributed by atoms with Crippen LogP contribution in [0.4, 0.5) is 0 Å². The van der Waals surface area contributed by atoms with E-state index in [1.807, 2.05) is 11.4 Å². The minimum absolute atomic E-state index is 0.150. The maximum absolute atomic E-state index is 12.8. The molecule has 7 heteroatoms. The van der Waals surface area contributed by atoms with E-state index in [1.165, 1.54) is 10.9 Å². The van der Waals surface area contributed by atoms with E-state index in [0.717, 1.165) is 10.7 Å². The molecule has 0 fully saturated rings. The van der Waals surface area contributed by atoms with Crippen LogP contribution in [-0.4, -0.2) is 32.4 Å². The summed E-state index contributed by atoms with van der Waals surface area (Å²) >= 11 is 1.61. The molecule has 3 rings (SSSR count). The minimum Gasteiger partial charge on any atom is -0.338 e. The summed E-state index contributed by atoms with van der Waals surface area (Å²) in [5, 5.41) is 3.55. The van der Waals surface area contributed by atoms with Gasteiger partial charge < -0.3 is 4.90 Å². The quantitative estimate of drug-likeness (QED) is 0.692. The van der Waals surface area contributed by atoms with Gasteiger partial charge in [-0.2, -0.15) is 0 Å². The van der Waals surface area contributed by atoms with Crippen molar-refractivity contribution in [2.45, 2.75) is 39.3 Å². The summed E-state index contributed by atoms with van der Waals surface area (Å²) in [6.45, 7) is 6.33. The lowest BCUT2D eigenvalue weighted by atomic mass is 10.2. The number of benzene rings is 1. The Balaban J connectivity index is 1.80. The van der Waals surface area contributed by atoms with Crippen molar-refractivity contribution in [1.82, 2.24) is 19.4 Å². The van der Waals surface area contributed by atoms with Crippen LogP contribution >= 0.6 is 11.3 Å². The van der Waals surface area contributed by atoms with Crippen molar-refractivity contribution < 1.29 is 4.79 Å². The number of hydrogen-bond donors (Lipinski definition) is 0. The Hall–Kier alpha value is -2.54. The van der Waals surface area contributed by atoms with Crippen LogP contribution in [0.25, 0.3) is 10.9 Å². The molecule has 0 aliphatic carbocycles. The molecule has 3 aromatic rings. The van der Waals surface area contributed by atoms with Crippen molar-refractivity contribution >= 4 is 28.1 Å². The largest absolute Gasteiger partial charge is 0.338 e. The molecule has 2 heterocycles. The molecule has 0 saturated carbocycles. The van der Waals surface area contributed by atoms with Crippen molar-refractivity contribution in [3.05, 3.63) is 57.0 Å². The summed E-state index contributed by atoms with van der Waals surface area (Å²) in [6.07, 6.45) is 1.45. The summed E-state index contributed by atoms with van der Waals surface area (Å²) in [7, 11) is 1.73. The molecule has 136 valence electrons. The summed E-state index contributed by atoms with van der Waals surface area (Å²) in [5.41, 5.74) is 1.29. The van der Waals surface area contributed by atoms with Gasteiger partial charge >= 0.3 is 0 Å². The fourth-order valence-corrected chi connectivity index (χ4v) is 3.60. The number of aromatic nitrogens is 3. The van der Waals surface area contributed by atoms with Crippen LogP contribution in [0, 0.1) is 0 Å². The monoisotopic (exact) mass is 370 g/mol. The Kier molecular flexibility index (Phi) is 5.18. The molecule has 1 aromatic carbocycles. The van der Waals surface area contributed by atoms with Gasteiger partial charge in [-0.05, 0) is 19.1 Å². The number of fused-ring (bicyclic) bond motifs is 1. The number of para-hydroxylation sites is 1. The average Bonchev–Trinajstić information content (AvgIpc) is 3.10.